The van der Waals surface area contributed by atoms with E-state index in [0.29, 0.717) is 19.3 Å². The second-order valence-corrected chi connectivity index (χ2v) is 19.9. The van der Waals surface area contributed by atoms with Crippen molar-refractivity contribution in [2.24, 2.45) is 0 Å². The Morgan fingerprint density at radius 2 is 0.548 bits per heavy atom. The number of hydrogen-bond acceptors (Lipinski definition) is 6. The Labute approximate surface area is 450 Å². The lowest BCUT2D eigenvalue weighted by atomic mass is 10.0. The van der Waals surface area contributed by atoms with Gasteiger partial charge in [-0.1, -0.05) is 265 Å². The van der Waals surface area contributed by atoms with Crippen LogP contribution in [0.1, 0.15) is 278 Å². The molecule has 0 bridgehead atoms. The SMILES string of the molecule is CC/C=C\C/C=C\C/C=C\C/C=C\C/C=C\C/C=C\C/C=C\CCCCCC(=O)OCC(COC(=O)CCCCCCC/C=C\C/C=C\CCCC)OC(=O)CCCCCCCCCCCCCCCCCC. The number of carbonyl (C=O) groups is 3. The average Bonchev–Trinajstić information content (AvgIpc) is 3.39. The number of allylic oxidation sites excluding steroid dienone is 18. The molecule has 6 heteroatoms. The number of esters is 3. The van der Waals surface area contributed by atoms with Crippen molar-refractivity contribution in [1.29, 1.82) is 0 Å². The van der Waals surface area contributed by atoms with Crippen LogP contribution in [0.3, 0.4) is 0 Å². The first kappa shape index (κ1) is 69.1. The third-order valence-electron chi connectivity index (χ3n) is 12.8. The van der Waals surface area contributed by atoms with E-state index in [1.807, 2.05) is 0 Å². The van der Waals surface area contributed by atoms with E-state index in [9.17, 15) is 14.4 Å². The van der Waals surface area contributed by atoms with Gasteiger partial charge < -0.3 is 14.2 Å². The van der Waals surface area contributed by atoms with Gasteiger partial charge in [-0.05, 0) is 103 Å². The molecule has 0 saturated heterocycles. The van der Waals surface area contributed by atoms with Crippen LogP contribution in [0.15, 0.2) is 109 Å². The summed E-state index contributed by atoms with van der Waals surface area (Å²) < 4.78 is 16.9. The van der Waals surface area contributed by atoms with Crippen LogP contribution in [-0.2, 0) is 28.6 Å². The summed E-state index contributed by atoms with van der Waals surface area (Å²) >= 11 is 0. The smallest absolute Gasteiger partial charge is 0.306 e. The number of ether oxygens (including phenoxy) is 3. The fourth-order valence-corrected chi connectivity index (χ4v) is 8.20. The van der Waals surface area contributed by atoms with Crippen LogP contribution in [0.25, 0.3) is 0 Å². The summed E-state index contributed by atoms with van der Waals surface area (Å²) in [5.41, 5.74) is 0. The van der Waals surface area contributed by atoms with E-state index in [2.05, 4.69) is 130 Å². The minimum absolute atomic E-state index is 0.0954. The number of unbranched alkanes of at least 4 members (excludes halogenated alkanes) is 25. The van der Waals surface area contributed by atoms with Crippen molar-refractivity contribution in [3.05, 3.63) is 109 Å². The van der Waals surface area contributed by atoms with Crippen molar-refractivity contribution in [2.45, 2.75) is 284 Å². The second kappa shape index (κ2) is 60.6. The molecule has 0 rings (SSSR count). The monoisotopic (exact) mass is 1010 g/mol. The number of rotatable bonds is 54. The van der Waals surface area contributed by atoms with Gasteiger partial charge in [0.1, 0.15) is 13.2 Å². The second-order valence-electron chi connectivity index (χ2n) is 19.9. The van der Waals surface area contributed by atoms with Crippen LogP contribution in [0.2, 0.25) is 0 Å². The van der Waals surface area contributed by atoms with Gasteiger partial charge in [0.15, 0.2) is 6.10 Å². The fraction of sp³-hybridized carbons (Fsp3) is 0.687. The molecular weight excluding hydrogens is 901 g/mol. The van der Waals surface area contributed by atoms with E-state index >= 15 is 0 Å². The van der Waals surface area contributed by atoms with E-state index in [-0.39, 0.29) is 31.1 Å². The number of hydrogen-bond donors (Lipinski definition) is 0. The van der Waals surface area contributed by atoms with Gasteiger partial charge in [0.25, 0.3) is 0 Å². The number of carbonyl (C=O) groups excluding carboxylic acids is 3. The van der Waals surface area contributed by atoms with E-state index in [1.165, 1.54) is 103 Å². The van der Waals surface area contributed by atoms with Crippen LogP contribution in [0.5, 0.6) is 0 Å². The third kappa shape index (κ3) is 58.8. The molecule has 0 saturated carbocycles. The molecule has 6 nitrogen and oxygen atoms in total. The molecule has 1 unspecified atom stereocenters. The average molecular weight is 1010 g/mol. The van der Waals surface area contributed by atoms with Crippen LogP contribution in [0.4, 0.5) is 0 Å². The topological polar surface area (TPSA) is 78.9 Å². The minimum Gasteiger partial charge on any atom is -0.462 e. The van der Waals surface area contributed by atoms with Gasteiger partial charge in [0, 0.05) is 19.3 Å². The molecule has 0 heterocycles. The van der Waals surface area contributed by atoms with Gasteiger partial charge in [-0.3, -0.25) is 14.4 Å². The maximum absolute atomic E-state index is 12.9. The molecule has 0 aromatic carbocycles. The predicted molar refractivity (Wildman–Crippen MR) is 316 cm³/mol. The molecule has 73 heavy (non-hydrogen) atoms. The first-order chi connectivity index (χ1) is 36.0. The lowest BCUT2D eigenvalue weighted by molar-refractivity contribution is -0.167. The summed E-state index contributed by atoms with van der Waals surface area (Å²) in [6.45, 7) is 6.46. The highest BCUT2D eigenvalue weighted by molar-refractivity contribution is 5.71. The molecule has 0 amide bonds. The fourth-order valence-electron chi connectivity index (χ4n) is 8.20. The molecule has 0 spiro atoms. The Bertz CT molecular complexity index is 1490. The molecule has 0 aromatic rings. The maximum atomic E-state index is 12.9. The van der Waals surface area contributed by atoms with Crippen LogP contribution < -0.4 is 0 Å². The summed E-state index contributed by atoms with van der Waals surface area (Å²) in [6, 6.07) is 0. The van der Waals surface area contributed by atoms with Gasteiger partial charge in [0.2, 0.25) is 0 Å². The highest BCUT2D eigenvalue weighted by atomic mass is 16.6. The third-order valence-corrected chi connectivity index (χ3v) is 12.8. The van der Waals surface area contributed by atoms with Crippen molar-refractivity contribution in [2.75, 3.05) is 13.2 Å². The van der Waals surface area contributed by atoms with E-state index in [1.54, 1.807) is 0 Å². The maximum Gasteiger partial charge on any atom is 0.306 e. The zero-order valence-corrected chi connectivity index (χ0v) is 47.6. The van der Waals surface area contributed by atoms with E-state index in [4.69, 9.17) is 14.2 Å². The van der Waals surface area contributed by atoms with Gasteiger partial charge in [-0.25, -0.2) is 0 Å². The molecule has 0 aromatic heterocycles. The molecule has 416 valence electrons. The summed E-state index contributed by atoms with van der Waals surface area (Å²) in [5, 5.41) is 0. The van der Waals surface area contributed by atoms with Crippen molar-refractivity contribution in [1.82, 2.24) is 0 Å². The molecule has 0 radical (unpaired) electrons. The highest BCUT2D eigenvalue weighted by Crippen LogP contribution is 2.16. The largest absolute Gasteiger partial charge is 0.462 e. The molecule has 0 aliphatic rings. The normalized spacial score (nSPS) is 12.9. The predicted octanol–water partition coefficient (Wildman–Crippen LogP) is 20.7. The zero-order chi connectivity index (χ0) is 52.9. The van der Waals surface area contributed by atoms with Gasteiger partial charge in [-0.15, -0.1) is 0 Å². The highest BCUT2D eigenvalue weighted by Gasteiger charge is 2.19. The van der Waals surface area contributed by atoms with Crippen molar-refractivity contribution < 1.29 is 28.6 Å². The Morgan fingerprint density at radius 1 is 0.288 bits per heavy atom. The summed E-state index contributed by atoms with van der Waals surface area (Å²) in [6.07, 6.45) is 82.2. The minimum atomic E-state index is -0.798. The summed E-state index contributed by atoms with van der Waals surface area (Å²) in [7, 11) is 0. The molecule has 0 fully saturated rings. The molecule has 1 atom stereocenters. The van der Waals surface area contributed by atoms with Crippen LogP contribution in [-0.4, -0.2) is 37.2 Å². The Balaban J connectivity index is 4.43. The quantitative estimate of drug-likeness (QED) is 0.0261. The Hall–Kier alpha value is -3.93. The molecular formula is C67H112O6. The van der Waals surface area contributed by atoms with Gasteiger partial charge in [-0.2, -0.15) is 0 Å². The van der Waals surface area contributed by atoms with Crippen LogP contribution in [0, 0.1) is 0 Å². The van der Waals surface area contributed by atoms with Crippen molar-refractivity contribution in [3.8, 4) is 0 Å². The van der Waals surface area contributed by atoms with Gasteiger partial charge >= 0.3 is 17.9 Å². The first-order valence-corrected chi connectivity index (χ1v) is 30.4. The van der Waals surface area contributed by atoms with Crippen molar-refractivity contribution >= 4 is 17.9 Å². The van der Waals surface area contributed by atoms with Crippen molar-refractivity contribution in [3.63, 3.8) is 0 Å². The molecule has 0 aliphatic carbocycles. The first-order valence-electron chi connectivity index (χ1n) is 30.4. The molecule has 0 aliphatic heterocycles. The lowest BCUT2D eigenvalue weighted by Gasteiger charge is -2.18. The summed E-state index contributed by atoms with van der Waals surface area (Å²) in [5.74, 6) is -0.936. The van der Waals surface area contributed by atoms with Crippen LogP contribution >= 0.6 is 0 Å². The lowest BCUT2D eigenvalue weighted by Crippen LogP contribution is -2.30. The molecule has 0 N–H and O–H groups in total. The summed E-state index contributed by atoms with van der Waals surface area (Å²) in [4.78, 5) is 38.2. The Kier molecular flexibility index (Phi) is 57.4. The van der Waals surface area contributed by atoms with Gasteiger partial charge in [0.05, 0.1) is 0 Å². The standard InChI is InChI=1S/C67H112O6/c1-4-7-10-13-16-19-22-25-28-30-31-32-33-34-35-36-37-38-40-42-45-48-51-54-57-60-66(69)72-63-64(62-71-65(68)59-56-53-50-47-44-41-27-24-21-18-15-12-9-6-3)73-67(70)61-58-55-52-49-46-43-39-29-26-23-20-17-14-11-8-5-2/h7,10,15-16,18-19,24-25,27-28,31-32,34-35,37-38,42,45,64H,4-6,8-9,11-14,17,20-23,26,29-30,33,36,39-41,43-44,46-63H2,1-3H3/b10-7-,18-15-,19-16-,27-24-,28-25-,32-31-,35-34-,38-37-,45-42-. The van der Waals surface area contributed by atoms with E-state index in [0.717, 1.165) is 135 Å². The zero-order valence-electron chi connectivity index (χ0n) is 47.6. The Morgan fingerprint density at radius 3 is 0.890 bits per heavy atom. The van der Waals surface area contributed by atoms with E-state index < -0.39 is 6.10 Å².